The Morgan fingerprint density at radius 2 is 2.14 bits per heavy atom. The van der Waals surface area contributed by atoms with Crippen molar-refractivity contribution < 1.29 is 19.2 Å². The second-order valence-corrected chi connectivity index (χ2v) is 5.93. The van der Waals surface area contributed by atoms with E-state index in [1.807, 2.05) is 6.20 Å². The minimum atomic E-state index is -0.311. The molecule has 0 spiro atoms. The lowest BCUT2D eigenvalue weighted by Gasteiger charge is -2.47. The lowest BCUT2D eigenvalue weighted by molar-refractivity contribution is -0.191. The van der Waals surface area contributed by atoms with Crippen LogP contribution in [0.25, 0.3) is 0 Å². The first-order valence-corrected chi connectivity index (χ1v) is 8.05. The van der Waals surface area contributed by atoms with E-state index in [0.29, 0.717) is 6.42 Å². The van der Waals surface area contributed by atoms with Crippen LogP contribution in [0.15, 0.2) is 11.8 Å². The van der Waals surface area contributed by atoms with E-state index in [1.54, 1.807) is 16.7 Å². The van der Waals surface area contributed by atoms with E-state index in [0.717, 1.165) is 25.0 Å². The maximum atomic E-state index is 11.9. The van der Waals surface area contributed by atoms with Gasteiger partial charge in [0.1, 0.15) is 11.4 Å². The average molecular weight is 312 g/mol. The van der Waals surface area contributed by atoms with Crippen molar-refractivity contribution in [2.45, 2.75) is 50.9 Å². The Morgan fingerprint density at radius 3 is 2.71 bits per heavy atom. The molecule has 1 N–H and O–H groups in total. The lowest BCUT2D eigenvalue weighted by atomic mass is 10.1. The highest BCUT2D eigenvalue weighted by molar-refractivity contribution is 8.00. The van der Waals surface area contributed by atoms with Crippen LogP contribution >= 0.6 is 11.8 Å². The summed E-state index contributed by atoms with van der Waals surface area (Å²) >= 11 is 1.75. The van der Waals surface area contributed by atoms with Gasteiger partial charge in [-0.05, 0) is 18.4 Å². The molecule has 0 radical (unpaired) electrons. The van der Waals surface area contributed by atoms with Gasteiger partial charge in [0, 0.05) is 18.4 Å². The molecule has 6 nitrogen and oxygen atoms in total. The molecular formula is C14H20N2O4S. The number of carbonyl (C=O) groups is 2. The summed E-state index contributed by atoms with van der Waals surface area (Å²) < 4.78 is 0. The van der Waals surface area contributed by atoms with Crippen molar-refractivity contribution in [1.82, 2.24) is 10.2 Å². The quantitative estimate of drug-likeness (QED) is 0.773. The summed E-state index contributed by atoms with van der Waals surface area (Å²) in [5.74, 6) is 0.996. The van der Waals surface area contributed by atoms with Gasteiger partial charge >= 0.3 is 6.15 Å². The van der Waals surface area contributed by atoms with Crippen LogP contribution in [0.5, 0.6) is 0 Å². The number of hydrogen-bond acceptors (Lipinski definition) is 5. The summed E-state index contributed by atoms with van der Waals surface area (Å²) in [6, 6.07) is -0.311. The topological polar surface area (TPSA) is 83.6 Å². The van der Waals surface area contributed by atoms with Gasteiger partial charge < -0.3 is 10.2 Å². The van der Waals surface area contributed by atoms with Crippen LogP contribution in [-0.2, 0) is 19.2 Å². The number of rotatable bonds is 5. The molecule has 2 amide bonds. The highest BCUT2D eigenvalue weighted by Crippen LogP contribution is 2.36. The van der Waals surface area contributed by atoms with Crippen LogP contribution in [0.3, 0.4) is 0 Å². The van der Waals surface area contributed by atoms with Gasteiger partial charge in [-0.1, -0.05) is 20.3 Å². The van der Waals surface area contributed by atoms with Crippen molar-refractivity contribution in [3.8, 4) is 0 Å². The number of carbonyl (C=O) groups excluding carboxylic acids is 4. The number of amides is 2. The van der Waals surface area contributed by atoms with Crippen molar-refractivity contribution in [2.75, 3.05) is 5.75 Å². The van der Waals surface area contributed by atoms with E-state index in [4.69, 9.17) is 9.59 Å². The SMILES string of the molecule is CCCCC(=O)N[C@@H]1C(=O)N2C=C(CC)CS[C@H]12.O=C=O. The molecule has 0 aromatic carbocycles. The van der Waals surface area contributed by atoms with Gasteiger partial charge in [-0.2, -0.15) is 9.59 Å². The molecule has 0 aliphatic carbocycles. The Labute approximate surface area is 128 Å². The van der Waals surface area contributed by atoms with E-state index in [-0.39, 0.29) is 29.4 Å². The molecule has 0 saturated carbocycles. The molecule has 116 valence electrons. The Balaban J connectivity index is 0.000000677. The summed E-state index contributed by atoms with van der Waals surface area (Å²) in [6.45, 7) is 4.15. The van der Waals surface area contributed by atoms with Gasteiger partial charge in [-0.15, -0.1) is 11.8 Å². The van der Waals surface area contributed by atoms with Crippen molar-refractivity contribution in [3.05, 3.63) is 11.8 Å². The summed E-state index contributed by atoms with van der Waals surface area (Å²) in [6.07, 6.45) is 5.59. The zero-order valence-electron chi connectivity index (χ0n) is 12.3. The zero-order valence-corrected chi connectivity index (χ0v) is 13.1. The third-order valence-electron chi connectivity index (χ3n) is 3.37. The van der Waals surface area contributed by atoms with E-state index in [2.05, 4.69) is 19.2 Å². The minimum absolute atomic E-state index is 0.000665. The largest absolute Gasteiger partial charge is 0.373 e. The Kier molecular flexibility index (Phi) is 7.19. The number of nitrogens with one attached hydrogen (secondary N) is 1. The Bertz CT molecular complexity index is 458. The predicted octanol–water partition coefficient (Wildman–Crippen LogP) is 1.29. The van der Waals surface area contributed by atoms with E-state index >= 15 is 0 Å². The van der Waals surface area contributed by atoms with Crippen LogP contribution in [0.2, 0.25) is 0 Å². The van der Waals surface area contributed by atoms with Crippen molar-refractivity contribution in [3.63, 3.8) is 0 Å². The van der Waals surface area contributed by atoms with Crippen molar-refractivity contribution in [1.29, 1.82) is 0 Å². The normalized spacial score (nSPS) is 22.9. The predicted molar refractivity (Wildman–Crippen MR) is 77.9 cm³/mol. The van der Waals surface area contributed by atoms with Gasteiger partial charge in [-0.3, -0.25) is 9.59 Å². The monoisotopic (exact) mass is 312 g/mol. The third kappa shape index (κ3) is 4.44. The van der Waals surface area contributed by atoms with Crippen LogP contribution in [0.1, 0.15) is 39.5 Å². The first-order valence-electron chi connectivity index (χ1n) is 7.01. The lowest BCUT2D eigenvalue weighted by Crippen LogP contribution is -2.68. The minimum Gasteiger partial charge on any atom is -0.342 e. The Morgan fingerprint density at radius 1 is 1.48 bits per heavy atom. The molecule has 21 heavy (non-hydrogen) atoms. The fraction of sp³-hybridized carbons (Fsp3) is 0.643. The Hall–Kier alpha value is -1.59. The third-order valence-corrected chi connectivity index (χ3v) is 4.75. The first kappa shape index (κ1) is 17.5. The second kappa shape index (κ2) is 8.64. The van der Waals surface area contributed by atoms with E-state index < -0.39 is 0 Å². The smallest absolute Gasteiger partial charge is 0.342 e. The number of fused-ring (bicyclic) bond motifs is 1. The molecule has 0 aromatic heterocycles. The van der Waals surface area contributed by atoms with Gasteiger partial charge in [0.15, 0.2) is 0 Å². The molecule has 2 rings (SSSR count). The van der Waals surface area contributed by atoms with Gasteiger partial charge in [-0.25, -0.2) is 0 Å². The molecule has 0 aromatic rings. The molecule has 0 bridgehead atoms. The molecule has 0 unspecified atom stereocenters. The van der Waals surface area contributed by atoms with Crippen molar-refractivity contribution in [2.24, 2.45) is 0 Å². The van der Waals surface area contributed by atoms with Crippen molar-refractivity contribution >= 4 is 29.7 Å². The maximum absolute atomic E-state index is 11.9. The van der Waals surface area contributed by atoms with Crippen LogP contribution in [0, 0.1) is 0 Å². The highest BCUT2D eigenvalue weighted by Gasteiger charge is 2.49. The van der Waals surface area contributed by atoms with Gasteiger partial charge in [0.05, 0.1) is 0 Å². The fourth-order valence-corrected chi connectivity index (χ4v) is 3.50. The van der Waals surface area contributed by atoms with E-state index in [1.165, 1.54) is 5.57 Å². The average Bonchev–Trinajstić information content (AvgIpc) is 2.50. The van der Waals surface area contributed by atoms with Gasteiger partial charge in [0.2, 0.25) is 5.91 Å². The summed E-state index contributed by atoms with van der Waals surface area (Å²) in [5.41, 5.74) is 1.29. The number of hydrogen-bond donors (Lipinski definition) is 1. The molecule has 2 aliphatic heterocycles. The maximum Gasteiger partial charge on any atom is 0.373 e. The molecular weight excluding hydrogens is 292 g/mol. The molecule has 2 heterocycles. The number of nitrogens with zero attached hydrogens (tertiary/aromatic N) is 1. The second-order valence-electron chi connectivity index (χ2n) is 4.82. The molecule has 1 fully saturated rings. The van der Waals surface area contributed by atoms with Crippen LogP contribution < -0.4 is 5.32 Å². The van der Waals surface area contributed by atoms with Crippen LogP contribution in [-0.4, -0.2) is 40.0 Å². The molecule has 2 aliphatic rings. The number of β-lactam (4-membered cyclic amide) rings is 1. The highest BCUT2D eigenvalue weighted by atomic mass is 32.2. The standard InChI is InChI=1S/C13H20N2O2S.CO2/c1-3-5-6-10(16)14-11-12(17)15-7-9(4-2)8-18-13(11)15;2-1-3/h7,11,13H,3-6,8H2,1-2H3,(H,14,16);/t11-,13-;/m1./s1. The number of unbranched alkanes of at least 4 members (excludes halogenated alkanes) is 1. The zero-order chi connectivity index (χ0) is 15.8. The van der Waals surface area contributed by atoms with Gasteiger partial charge in [0.25, 0.3) is 5.91 Å². The van der Waals surface area contributed by atoms with E-state index in [9.17, 15) is 9.59 Å². The molecule has 2 atom stereocenters. The fourth-order valence-electron chi connectivity index (χ4n) is 2.14. The van der Waals surface area contributed by atoms with Crippen LogP contribution in [0.4, 0.5) is 0 Å². The summed E-state index contributed by atoms with van der Waals surface area (Å²) in [4.78, 5) is 41.6. The molecule has 1 saturated heterocycles. The number of thioether (sulfide) groups is 1. The summed E-state index contributed by atoms with van der Waals surface area (Å²) in [7, 11) is 0. The molecule has 7 heteroatoms. The summed E-state index contributed by atoms with van der Waals surface area (Å²) in [5, 5.41) is 2.96. The first-order chi connectivity index (χ1) is 10.1.